The fourth-order valence-corrected chi connectivity index (χ4v) is 4.65. The van der Waals surface area contributed by atoms with Gasteiger partial charge in [0.15, 0.2) is 17.3 Å². The fraction of sp³-hybridized carbons (Fsp3) is 0.261. The van der Waals surface area contributed by atoms with E-state index in [1.54, 1.807) is 31.0 Å². The number of anilines is 2. The molecular formula is C23H22ClN5O3. The monoisotopic (exact) mass is 451 g/mol. The van der Waals surface area contributed by atoms with Crippen LogP contribution in [0.2, 0.25) is 5.02 Å². The zero-order valence-corrected chi connectivity index (χ0v) is 18.4. The molecule has 0 spiro atoms. The summed E-state index contributed by atoms with van der Waals surface area (Å²) < 4.78 is 12.5. The summed E-state index contributed by atoms with van der Waals surface area (Å²) in [6, 6.07) is 12.8. The maximum Gasteiger partial charge on any atom is 0.241 e. The minimum atomic E-state index is -0.415. The van der Waals surface area contributed by atoms with Gasteiger partial charge in [0.1, 0.15) is 6.04 Å². The molecule has 2 atom stereocenters. The molecule has 0 fully saturated rings. The molecular weight excluding hydrogens is 430 g/mol. The second kappa shape index (κ2) is 7.87. The first-order valence-corrected chi connectivity index (χ1v) is 10.6. The number of nitrogens with one attached hydrogen (secondary N) is 1. The van der Waals surface area contributed by atoms with E-state index in [1.807, 2.05) is 30.3 Å². The van der Waals surface area contributed by atoms with Crippen molar-refractivity contribution in [1.29, 1.82) is 0 Å². The number of nitrogen functional groups attached to an aromatic ring is 1. The topological polar surface area (TPSA) is 104 Å². The molecule has 1 aromatic heterocycles. The van der Waals surface area contributed by atoms with Crippen LogP contribution in [0.25, 0.3) is 0 Å². The van der Waals surface area contributed by atoms with Gasteiger partial charge in [-0.05, 0) is 47.7 Å². The van der Waals surface area contributed by atoms with Crippen LogP contribution >= 0.6 is 11.6 Å². The highest BCUT2D eigenvalue weighted by atomic mass is 35.5. The molecule has 2 aromatic carbocycles. The van der Waals surface area contributed by atoms with E-state index in [4.69, 9.17) is 26.8 Å². The summed E-state index contributed by atoms with van der Waals surface area (Å²) in [6.45, 7) is 0. The molecule has 0 saturated carbocycles. The van der Waals surface area contributed by atoms with Crippen molar-refractivity contribution >= 4 is 29.3 Å². The highest BCUT2D eigenvalue weighted by Gasteiger charge is 2.39. The molecule has 1 aliphatic heterocycles. The number of ketones is 1. The van der Waals surface area contributed by atoms with E-state index in [0.717, 1.165) is 16.8 Å². The summed E-state index contributed by atoms with van der Waals surface area (Å²) >= 11 is 6.09. The maximum absolute atomic E-state index is 13.5. The summed E-state index contributed by atoms with van der Waals surface area (Å²) in [4.78, 5) is 17.8. The van der Waals surface area contributed by atoms with Gasteiger partial charge in [-0.25, -0.2) is 4.68 Å². The Morgan fingerprint density at radius 2 is 1.78 bits per heavy atom. The number of halogens is 1. The molecule has 8 nitrogen and oxygen atoms in total. The number of carbonyl (C=O) groups excluding carboxylic acids is 1. The quantitative estimate of drug-likeness (QED) is 0.618. The lowest BCUT2D eigenvalue weighted by Gasteiger charge is -2.35. The average Bonchev–Trinajstić information content (AvgIpc) is 3.17. The number of hydrogen-bond donors (Lipinski definition) is 2. The lowest BCUT2D eigenvalue weighted by Crippen LogP contribution is -2.33. The third-order valence-electron chi connectivity index (χ3n) is 6.00. The number of rotatable bonds is 4. The van der Waals surface area contributed by atoms with Gasteiger partial charge in [-0.15, -0.1) is 5.10 Å². The van der Waals surface area contributed by atoms with Crippen molar-refractivity contribution in [3.8, 4) is 11.5 Å². The van der Waals surface area contributed by atoms with Gasteiger partial charge in [-0.3, -0.25) is 4.79 Å². The van der Waals surface area contributed by atoms with Crippen LogP contribution in [0.1, 0.15) is 35.9 Å². The van der Waals surface area contributed by atoms with Crippen LogP contribution < -0.4 is 20.5 Å². The van der Waals surface area contributed by atoms with Gasteiger partial charge in [-0.2, -0.15) is 4.98 Å². The molecule has 0 amide bonds. The number of Topliss-reactive ketones (excluding diaryl/α,β-unsaturated/α-hetero) is 1. The lowest BCUT2D eigenvalue weighted by molar-refractivity contribution is -0.116. The average molecular weight is 452 g/mol. The minimum absolute atomic E-state index is 0.00811. The number of nitrogens with two attached hydrogens (primary N) is 1. The lowest BCUT2D eigenvalue weighted by atomic mass is 9.78. The predicted octanol–water partition coefficient (Wildman–Crippen LogP) is 3.95. The molecule has 1 aliphatic carbocycles. The van der Waals surface area contributed by atoms with Gasteiger partial charge in [0.2, 0.25) is 11.9 Å². The molecule has 9 heteroatoms. The van der Waals surface area contributed by atoms with E-state index in [1.165, 1.54) is 0 Å². The summed E-state index contributed by atoms with van der Waals surface area (Å²) in [6.07, 6.45) is 1.02. The van der Waals surface area contributed by atoms with Crippen LogP contribution in [0, 0.1) is 0 Å². The first-order valence-electron chi connectivity index (χ1n) is 10.2. The number of nitrogens with zero attached hydrogens (tertiary/aromatic N) is 3. The third-order valence-corrected chi connectivity index (χ3v) is 6.25. The Kier molecular flexibility index (Phi) is 5.01. The van der Waals surface area contributed by atoms with Crippen LogP contribution in [0.5, 0.6) is 11.5 Å². The summed E-state index contributed by atoms with van der Waals surface area (Å²) in [5.74, 6) is 2.00. The standard InChI is InChI=1S/C23H22ClN5O3/c1-31-18-8-5-13(11-19(18)32-2)14-9-16-20(17(30)10-14)21(12-3-6-15(24)7-4-12)29-23(26-16)27-22(25)28-29/h3-8,11,14,21H,9-10H2,1-2H3,(H3,25,26,27,28)/t14-,21-/m0/s1. The number of carbonyl (C=O) groups is 1. The van der Waals surface area contributed by atoms with E-state index in [9.17, 15) is 4.79 Å². The van der Waals surface area contributed by atoms with Gasteiger partial charge < -0.3 is 20.5 Å². The normalized spacial score (nSPS) is 19.8. The zero-order chi connectivity index (χ0) is 22.4. The highest BCUT2D eigenvalue weighted by molar-refractivity contribution is 6.30. The molecule has 32 heavy (non-hydrogen) atoms. The third kappa shape index (κ3) is 3.36. The Hall–Kier alpha value is -3.52. The highest BCUT2D eigenvalue weighted by Crippen LogP contribution is 2.45. The number of aromatic nitrogens is 3. The number of allylic oxidation sites excluding steroid dienone is 2. The molecule has 2 aliphatic rings. The summed E-state index contributed by atoms with van der Waals surface area (Å²) in [5.41, 5.74) is 9.32. The molecule has 0 saturated heterocycles. The van der Waals surface area contributed by atoms with Crippen molar-refractivity contribution in [1.82, 2.24) is 14.8 Å². The molecule has 164 valence electrons. The SMILES string of the molecule is COc1ccc([C@@H]2CC(=O)C3=C(C2)Nc2nc(N)nn2[C@H]3c2ccc(Cl)cc2)cc1OC. The number of fused-ring (bicyclic) bond motifs is 1. The smallest absolute Gasteiger partial charge is 0.241 e. The van der Waals surface area contributed by atoms with Gasteiger partial charge in [0, 0.05) is 22.7 Å². The van der Waals surface area contributed by atoms with Crippen molar-refractivity contribution in [3.05, 3.63) is 69.9 Å². The van der Waals surface area contributed by atoms with Crippen LogP contribution in [0.3, 0.4) is 0 Å². The van der Waals surface area contributed by atoms with Crippen molar-refractivity contribution in [2.24, 2.45) is 0 Å². The van der Waals surface area contributed by atoms with E-state index in [0.29, 0.717) is 40.9 Å². The van der Waals surface area contributed by atoms with Crippen LogP contribution in [0.15, 0.2) is 53.7 Å². The summed E-state index contributed by atoms with van der Waals surface area (Å²) in [7, 11) is 3.20. The van der Waals surface area contributed by atoms with Crippen molar-refractivity contribution in [3.63, 3.8) is 0 Å². The number of ether oxygens (including phenoxy) is 2. The first-order chi connectivity index (χ1) is 15.5. The molecule has 0 unspecified atom stereocenters. The Morgan fingerprint density at radius 1 is 1.06 bits per heavy atom. The Morgan fingerprint density at radius 3 is 2.50 bits per heavy atom. The molecule has 2 heterocycles. The molecule has 0 radical (unpaired) electrons. The van der Waals surface area contributed by atoms with Gasteiger partial charge in [-0.1, -0.05) is 29.8 Å². The second-order valence-corrected chi connectivity index (χ2v) is 8.29. The zero-order valence-electron chi connectivity index (χ0n) is 17.6. The maximum atomic E-state index is 13.5. The van der Waals surface area contributed by atoms with Crippen LogP contribution in [-0.2, 0) is 4.79 Å². The predicted molar refractivity (Wildman–Crippen MR) is 121 cm³/mol. The van der Waals surface area contributed by atoms with E-state index >= 15 is 0 Å². The van der Waals surface area contributed by atoms with Crippen molar-refractivity contribution in [2.45, 2.75) is 24.8 Å². The fourth-order valence-electron chi connectivity index (χ4n) is 4.52. The number of benzene rings is 2. The van der Waals surface area contributed by atoms with Crippen molar-refractivity contribution < 1.29 is 14.3 Å². The second-order valence-electron chi connectivity index (χ2n) is 7.85. The largest absolute Gasteiger partial charge is 0.493 e. The van der Waals surface area contributed by atoms with Gasteiger partial charge >= 0.3 is 0 Å². The van der Waals surface area contributed by atoms with Gasteiger partial charge in [0.05, 0.1) is 14.2 Å². The summed E-state index contributed by atoms with van der Waals surface area (Å²) in [5, 5.41) is 8.27. The van der Waals surface area contributed by atoms with Crippen molar-refractivity contribution in [2.75, 3.05) is 25.3 Å². The van der Waals surface area contributed by atoms with E-state index < -0.39 is 6.04 Å². The van der Waals surface area contributed by atoms with E-state index in [-0.39, 0.29) is 17.6 Å². The number of methoxy groups -OCH3 is 2. The van der Waals surface area contributed by atoms with Gasteiger partial charge in [0.25, 0.3) is 0 Å². The molecule has 3 aromatic rings. The molecule has 3 N–H and O–H groups in total. The first kappa shape index (κ1) is 20.4. The Labute approximate surface area is 190 Å². The Balaban J connectivity index is 1.57. The molecule has 5 rings (SSSR count). The Bertz CT molecular complexity index is 1230. The molecule has 0 bridgehead atoms. The van der Waals surface area contributed by atoms with E-state index in [2.05, 4.69) is 15.4 Å². The minimum Gasteiger partial charge on any atom is -0.493 e. The van der Waals surface area contributed by atoms with Crippen LogP contribution in [0.4, 0.5) is 11.9 Å². The number of hydrogen-bond acceptors (Lipinski definition) is 7. The van der Waals surface area contributed by atoms with Crippen LogP contribution in [-0.4, -0.2) is 34.8 Å².